The molecule has 0 bridgehead atoms. The van der Waals surface area contributed by atoms with Crippen LogP contribution in [0.3, 0.4) is 0 Å². The monoisotopic (exact) mass is 263 g/mol. The van der Waals surface area contributed by atoms with Gasteiger partial charge in [0.15, 0.2) is 11.5 Å². The summed E-state index contributed by atoms with van der Waals surface area (Å²) in [5.74, 6) is 1.82. The Morgan fingerprint density at radius 2 is 2.16 bits per heavy atom. The van der Waals surface area contributed by atoms with Crippen LogP contribution in [0, 0.1) is 0 Å². The summed E-state index contributed by atoms with van der Waals surface area (Å²) in [5.41, 5.74) is 1.14. The molecule has 3 nitrogen and oxygen atoms in total. The highest BCUT2D eigenvalue weighted by molar-refractivity contribution is 5.50. The topological polar surface area (TPSA) is 30.5 Å². The van der Waals surface area contributed by atoms with Crippen LogP contribution in [0.25, 0.3) is 0 Å². The van der Waals surface area contributed by atoms with Crippen molar-refractivity contribution in [2.24, 2.45) is 0 Å². The first-order valence-electron chi connectivity index (χ1n) is 7.15. The number of ether oxygens (including phenoxy) is 2. The van der Waals surface area contributed by atoms with E-state index in [0.717, 1.165) is 37.5 Å². The van der Waals surface area contributed by atoms with Crippen LogP contribution in [0.4, 0.5) is 0 Å². The average Bonchev–Trinajstić information content (AvgIpc) is 2.63. The summed E-state index contributed by atoms with van der Waals surface area (Å²) in [7, 11) is 0. The molecule has 1 N–H and O–H groups in total. The van der Waals surface area contributed by atoms with Crippen molar-refractivity contribution in [3.8, 4) is 11.5 Å². The van der Waals surface area contributed by atoms with Gasteiger partial charge >= 0.3 is 0 Å². The maximum absolute atomic E-state index is 5.98. The zero-order chi connectivity index (χ0) is 13.9. The standard InChI is InChI=1S/C16H25NO2/c1-12(2)17-9-6-10-18-14-8-5-7-13-11-16(3,4)19-15(13)14/h5,7-8,12,17H,6,9-11H2,1-4H3. The third kappa shape index (κ3) is 3.87. The summed E-state index contributed by atoms with van der Waals surface area (Å²) in [6.45, 7) is 10.2. The molecule has 0 saturated carbocycles. The molecule has 0 aliphatic carbocycles. The number of fused-ring (bicyclic) bond motifs is 1. The molecule has 2 rings (SSSR count). The molecule has 19 heavy (non-hydrogen) atoms. The minimum atomic E-state index is -0.110. The fourth-order valence-corrected chi connectivity index (χ4v) is 2.35. The van der Waals surface area contributed by atoms with Crippen molar-refractivity contribution in [1.82, 2.24) is 5.32 Å². The molecule has 1 aliphatic heterocycles. The van der Waals surface area contributed by atoms with E-state index in [0.29, 0.717) is 6.04 Å². The number of nitrogens with one attached hydrogen (secondary N) is 1. The first-order chi connectivity index (χ1) is 8.98. The van der Waals surface area contributed by atoms with Gasteiger partial charge in [-0.1, -0.05) is 26.0 Å². The first kappa shape index (κ1) is 14.2. The van der Waals surface area contributed by atoms with Crippen molar-refractivity contribution in [3.63, 3.8) is 0 Å². The number of hydrogen-bond donors (Lipinski definition) is 1. The second kappa shape index (κ2) is 5.83. The zero-order valence-electron chi connectivity index (χ0n) is 12.5. The summed E-state index contributed by atoms with van der Waals surface area (Å²) in [6, 6.07) is 6.70. The van der Waals surface area contributed by atoms with Gasteiger partial charge in [-0.2, -0.15) is 0 Å². The lowest BCUT2D eigenvalue weighted by Gasteiger charge is -2.18. The van der Waals surface area contributed by atoms with E-state index >= 15 is 0 Å². The van der Waals surface area contributed by atoms with Gasteiger partial charge in [0.05, 0.1) is 6.61 Å². The highest BCUT2D eigenvalue weighted by Gasteiger charge is 2.32. The van der Waals surface area contributed by atoms with E-state index in [1.54, 1.807) is 0 Å². The van der Waals surface area contributed by atoms with Gasteiger partial charge in [0.25, 0.3) is 0 Å². The molecule has 106 valence electrons. The largest absolute Gasteiger partial charge is 0.490 e. The van der Waals surface area contributed by atoms with Crippen molar-refractivity contribution >= 4 is 0 Å². The molecule has 0 aromatic heterocycles. The van der Waals surface area contributed by atoms with E-state index in [-0.39, 0.29) is 5.60 Å². The molecule has 0 fully saturated rings. The zero-order valence-corrected chi connectivity index (χ0v) is 12.5. The predicted molar refractivity (Wildman–Crippen MR) is 78.1 cm³/mol. The normalized spacial score (nSPS) is 16.3. The van der Waals surface area contributed by atoms with Crippen molar-refractivity contribution in [1.29, 1.82) is 0 Å². The van der Waals surface area contributed by atoms with E-state index in [1.807, 2.05) is 12.1 Å². The number of rotatable bonds is 6. The SMILES string of the molecule is CC(C)NCCCOc1cccc2c1OC(C)(C)C2. The van der Waals surface area contributed by atoms with Crippen molar-refractivity contribution in [2.45, 2.75) is 52.2 Å². The second-order valence-electron chi connectivity index (χ2n) is 6.09. The molecule has 0 amide bonds. The maximum Gasteiger partial charge on any atom is 0.165 e. The Morgan fingerprint density at radius 1 is 1.37 bits per heavy atom. The molecule has 0 unspecified atom stereocenters. The summed E-state index contributed by atoms with van der Waals surface area (Å²) in [5, 5.41) is 3.39. The van der Waals surface area contributed by atoms with Crippen LogP contribution in [0.15, 0.2) is 18.2 Å². The summed E-state index contributed by atoms with van der Waals surface area (Å²) in [6.07, 6.45) is 1.96. The minimum Gasteiger partial charge on any atom is -0.490 e. The van der Waals surface area contributed by atoms with E-state index in [1.165, 1.54) is 5.56 Å². The fourth-order valence-electron chi connectivity index (χ4n) is 2.35. The summed E-state index contributed by atoms with van der Waals surface area (Å²) < 4.78 is 11.8. The van der Waals surface area contributed by atoms with Crippen LogP contribution in [-0.4, -0.2) is 24.8 Å². The van der Waals surface area contributed by atoms with Gasteiger partial charge < -0.3 is 14.8 Å². The Balaban J connectivity index is 1.87. The Morgan fingerprint density at radius 3 is 2.89 bits per heavy atom. The summed E-state index contributed by atoms with van der Waals surface area (Å²) in [4.78, 5) is 0. The molecule has 0 atom stereocenters. The van der Waals surface area contributed by atoms with Crippen molar-refractivity contribution in [2.75, 3.05) is 13.2 Å². The first-order valence-corrected chi connectivity index (χ1v) is 7.15. The third-order valence-electron chi connectivity index (χ3n) is 3.19. The third-order valence-corrected chi connectivity index (χ3v) is 3.19. The smallest absolute Gasteiger partial charge is 0.165 e. The van der Waals surface area contributed by atoms with Gasteiger partial charge in [-0.3, -0.25) is 0 Å². The molecule has 0 saturated heterocycles. The molecule has 1 aromatic carbocycles. The number of benzene rings is 1. The van der Waals surface area contributed by atoms with Gasteiger partial charge in [-0.25, -0.2) is 0 Å². The van der Waals surface area contributed by atoms with Crippen LogP contribution in [0.5, 0.6) is 11.5 Å². The maximum atomic E-state index is 5.98. The minimum absolute atomic E-state index is 0.110. The number of para-hydroxylation sites is 1. The van der Waals surface area contributed by atoms with E-state index in [9.17, 15) is 0 Å². The average molecular weight is 263 g/mol. The highest BCUT2D eigenvalue weighted by Crippen LogP contribution is 2.41. The summed E-state index contributed by atoms with van der Waals surface area (Å²) >= 11 is 0. The quantitative estimate of drug-likeness (QED) is 0.800. The Labute approximate surface area is 116 Å². The van der Waals surface area contributed by atoms with Crippen LogP contribution >= 0.6 is 0 Å². The van der Waals surface area contributed by atoms with Crippen LogP contribution in [0.2, 0.25) is 0 Å². The Kier molecular flexibility index (Phi) is 4.35. The predicted octanol–water partition coefficient (Wildman–Crippen LogP) is 3.17. The Hall–Kier alpha value is -1.22. The molecule has 1 aromatic rings. The molecular formula is C16H25NO2. The highest BCUT2D eigenvalue weighted by atomic mass is 16.5. The van der Waals surface area contributed by atoms with Crippen molar-refractivity contribution < 1.29 is 9.47 Å². The fraction of sp³-hybridized carbons (Fsp3) is 0.625. The number of hydrogen-bond acceptors (Lipinski definition) is 3. The van der Waals surface area contributed by atoms with Gasteiger partial charge in [0.2, 0.25) is 0 Å². The van der Waals surface area contributed by atoms with Gasteiger partial charge in [0.1, 0.15) is 5.60 Å². The lowest BCUT2D eigenvalue weighted by Crippen LogP contribution is -2.25. The molecule has 1 aliphatic rings. The van der Waals surface area contributed by atoms with Crippen LogP contribution in [0.1, 0.15) is 39.7 Å². The Bertz CT molecular complexity index is 427. The lowest BCUT2D eigenvalue weighted by atomic mass is 10.0. The van der Waals surface area contributed by atoms with Gasteiger partial charge in [-0.05, 0) is 32.9 Å². The van der Waals surface area contributed by atoms with Crippen LogP contribution in [-0.2, 0) is 6.42 Å². The van der Waals surface area contributed by atoms with E-state index in [2.05, 4.69) is 39.1 Å². The molecular weight excluding hydrogens is 238 g/mol. The molecule has 0 radical (unpaired) electrons. The molecule has 1 heterocycles. The van der Waals surface area contributed by atoms with Crippen LogP contribution < -0.4 is 14.8 Å². The van der Waals surface area contributed by atoms with Crippen molar-refractivity contribution in [3.05, 3.63) is 23.8 Å². The van der Waals surface area contributed by atoms with E-state index < -0.39 is 0 Å². The van der Waals surface area contributed by atoms with Gasteiger partial charge in [0, 0.05) is 18.0 Å². The molecule has 0 spiro atoms. The lowest BCUT2D eigenvalue weighted by molar-refractivity contribution is 0.132. The van der Waals surface area contributed by atoms with Gasteiger partial charge in [-0.15, -0.1) is 0 Å². The molecule has 3 heteroatoms. The second-order valence-corrected chi connectivity index (χ2v) is 6.09. The van der Waals surface area contributed by atoms with E-state index in [4.69, 9.17) is 9.47 Å².